The molecule has 1 aliphatic heterocycles. The molecule has 0 radical (unpaired) electrons. The highest BCUT2D eigenvalue weighted by Gasteiger charge is 2.26. The van der Waals surface area contributed by atoms with Crippen LogP contribution >= 0.6 is 0 Å². The van der Waals surface area contributed by atoms with Gasteiger partial charge in [-0.3, -0.25) is 14.9 Å². The summed E-state index contributed by atoms with van der Waals surface area (Å²) in [5.41, 5.74) is 1.28. The lowest BCUT2D eigenvalue weighted by Crippen LogP contribution is -2.29. The molecule has 2 aromatic carbocycles. The van der Waals surface area contributed by atoms with Gasteiger partial charge < -0.3 is 10.6 Å². The molecule has 1 fully saturated rings. The van der Waals surface area contributed by atoms with Crippen LogP contribution < -0.4 is 10.6 Å². The Hall–Kier alpha value is -2.98. The first-order valence-corrected chi connectivity index (χ1v) is 11.6. The van der Waals surface area contributed by atoms with E-state index in [0.717, 1.165) is 18.4 Å². The average Bonchev–Trinajstić information content (AvgIpc) is 3.32. The van der Waals surface area contributed by atoms with Crippen LogP contribution in [-0.4, -0.2) is 49.7 Å². The molecule has 1 saturated heterocycles. The second-order valence-corrected chi connectivity index (χ2v) is 9.24. The molecule has 3 rings (SSSR count). The van der Waals surface area contributed by atoms with E-state index in [9.17, 15) is 23.3 Å². The number of amides is 1. The second kappa shape index (κ2) is 10.4. The van der Waals surface area contributed by atoms with Crippen LogP contribution in [0.25, 0.3) is 0 Å². The SMILES string of the molecule is O=C(CCc1ccc(S(=O)(=O)N2CCCC2)cc1)NCCNc1ccccc1[N+](=O)[O-]. The quantitative estimate of drug-likeness (QED) is 0.329. The minimum Gasteiger partial charge on any atom is -0.378 e. The van der Waals surface area contributed by atoms with Crippen molar-refractivity contribution >= 4 is 27.3 Å². The highest BCUT2D eigenvalue weighted by atomic mass is 32.2. The van der Waals surface area contributed by atoms with Gasteiger partial charge in [-0.2, -0.15) is 4.31 Å². The van der Waals surface area contributed by atoms with Crippen molar-refractivity contribution < 1.29 is 18.1 Å². The molecule has 2 aromatic rings. The zero-order chi connectivity index (χ0) is 22.3. The molecule has 0 spiro atoms. The minimum absolute atomic E-state index is 0.0102. The van der Waals surface area contributed by atoms with E-state index in [1.165, 1.54) is 10.4 Å². The van der Waals surface area contributed by atoms with Gasteiger partial charge in [0.15, 0.2) is 0 Å². The highest BCUT2D eigenvalue weighted by Crippen LogP contribution is 2.23. The summed E-state index contributed by atoms with van der Waals surface area (Å²) in [6.45, 7) is 1.82. The molecule has 10 heteroatoms. The Kier molecular flexibility index (Phi) is 7.59. The molecule has 0 aromatic heterocycles. The molecule has 0 unspecified atom stereocenters. The average molecular weight is 447 g/mol. The Morgan fingerprint density at radius 1 is 1.03 bits per heavy atom. The van der Waals surface area contributed by atoms with Gasteiger partial charge in [0.2, 0.25) is 15.9 Å². The molecular formula is C21H26N4O5S. The van der Waals surface area contributed by atoms with Crippen LogP contribution in [0.15, 0.2) is 53.4 Å². The van der Waals surface area contributed by atoms with Crippen LogP contribution in [0.4, 0.5) is 11.4 Å². The first-order chi connectivity index (χ1) is 14.9. The number of nitro benzene ring substituents is 1. The van der Waals surface area contributed by atoms with Gasteiger partial charge in [-0.1, -0.05) is 24.3 Å². The summed E-state index contributed by atoms with van der Waals surface area (Å²) in [4.78, 5) is 22.9. The van der Waals surface area contributed by atoms with Crippen LogP contribution in [0.3, 0.4) is 0 Å². The van der Waals surface area contributed by atoms with Crippen LogP contribution in [0.5, 0.6) is 0 Å². The van der Waals surface area contributed by atoms with E-state index < -0.39 is 14.9 Å². The molecule has 0 atom stereocenters. The summed E-state index contributed by atoms with van der Waals surface area (Å²) >= 11 is 0. The Bertz CT molecular complexity index is 1020. The number of carbonyl (C=O) groups is 1. The second-order valence-electron chi connectivity index (χ2n) is 7.31. The molecule has 2 N–H and O–H groups in total. The number of rotatable bonds is 10. The van der Waals surface area contributed by atoms with E-state index in [0.29, 0.717) is 38.3 Å². The maximum absolute atomic E-state index is 12.5. The van der Waals surface area contributed by atoms with E-state index in [1.807, 2.05) is 0 Å². The topological polar surface area (TPSA) is 122 Å². The number of nitro groups is 1. The predicted octanol–water partition coefficient (Wildman–Crippen LogP) is 2.54. The molecule has 9 nitrogen and oxygen atoms in total. The Labute approximate surface area is 181 Å². The van der Waals surface area contributed by atoms with Gasteiger partial charge in [-0.15, -0.1) is 0 Å². The van der Waals surface area contributed by atoms with Gasteiger partial charge in [-0.25, -0.2) is 8.42 Å². The zero-order valence-corrected chi connectivity index (χ0v) is 17.9. The Morgan fingerprint density at radius 3 is 2.39 bits per heavy atom. The standard InChI is InChI=1S/C21H26N4O5S/c26-21(23-14-13-22-19-5-1-2-6-20(19)25(27)28)12-9-17-7-10-18(11-8-17)31(29,30)24-15-3-4-16-24/h1-2,5-8,10-11,22H,3-4,9,12-16H2,(H,23,26). The van der Waals surface area contributed by atoms with Crippen molar-refractivity contribution in [2.45, 2.75) is 30.6 Å². The fourth-order valence-corrected chi connectivity index (χ4v) is 4.95. The first-order valence-electron chi connectivity index (χ1n) is 10.2. The summed E-state index contributed by atoms with van der Waals surface area (Å²) in [5.74, 6) is -0.141. The number of carbonyl (C=O) groups excluding carboxylic acids is 1. The van der Waals surface area contributed by atoms with Crippen molar-refractivity contribution in [3.8, 4) is 0 Å². The lowest BCUT2D eigenvalue weighted by atomic mass is 10.1. The minimum atomic E-state index is -3.43. The van der Waals surface area contributed by atoms with Crippen LogP contribution in [0.1, 0.15) is 24.8 Å². The lowest BCUT2D eigenvalue weighted by molar-refractivity contribution is -0.384. The summed E-state index contributed by atoms with van der Waals surface area (Å²) in [6.07, 6.45) is 2.55. The number of hydrogen-bond donors (Lipinski definition) is 2. The third-order valence-corrected chi connectivity index (χ3v) is 7.04. The summed E-state index contributed by atoms with van der Waals surface area (Å²) in [6, 6.07) is 13.0. The van der Waals surface area contributed by atoms with Gasteiger partial charge in [0.1, 0.15) is 5.69 Å². The predicted molar refractivity (Wildman–Crippen MR) is 117 cm³/mol. The van der Waals surface area contributed by atoms with E-state index >= 15 is 0 Å². The van der Waals surface area contributed by atoms with E-state index in [2.05, 4.69) is 10.6 Å². The van der Waals surface area contributed by atoms with Gasteiger partial charge in [-0.05, 0) is 43.0 Å². The summed E-state index contributed by atoms with van der Waals surface area (Å²) in [7, 11) is -3.43. The molecule has 1 aliphatic rings. The van der Waals surface area contributed by atoms with Gasteiger partial charge >= 0.3 is 0 Å². The fourth-order valence-electron chi connectivity index (χ4n) is 3.43. The van der Waals surface area contributed by atoms with Gasteiger partial charge in [0.05, 0.1) is 9.82 Å². The largest absolute Gasteiger partial charge is 0.378 e. The normalized spacial score (nSPS) is 14.3. The van der Waals surface area contributed by atoms with Crippen molar-refractivity contribution in [1.82, 2.24) is 9.62 Å². The molecule has 31 heavy (non-hydrogen) atoms. The zero-order valence-electron chi connectivity index (χ0n) is 17.1. The first kappa shape index (κ1) is 22.7. The van der Waals surface area contributed by atoms with Crippen molar-refractivity contribution in [1.29, 1.82) is 0 Å². The van der Waals surface area contributed by atoms with Crippen molar-refractivity contribution in [3.63, 3.8) is 0 Å². The van der Waals surface area contributed by atoms with Crippen molar-refractivity contribution in [2.24, 2.45) is 0 Å². The number of aryl methyl sites for hydroxylation is 1. The van der Waals surface area contributed by atoms with Crippen molar-refractivity contribution in [3.05, 3.63) is 64.2 Å². The lowest BCUT2D eigenvalue weighted by Gasteiger charge is -2.15. The van der Waals surface area contributed by atoms with Crippen LogP contribution in [-0.2, 0) is 21.2 Å². The molecular weight excluding hydrogens is 420 g/mol. The molecule has 0 aliphatic carbocycles. The van der Waals surface area contributed by atoms with Crippen LogP contribution in [0.2, 0.25) is 0 Å². The Morgan fingerprint density at radius 2 is 1.71 bits per heavy atom. The monoisotopic (exact) mass is 446 g/mol. The molecule has 0 saturated carbocycles. The highest BCUT2D eigenvalue weighted by molar-refractivity contribution is 7.89. The number of nitrogens with zero attached hydrogens (tertiary/aromatic N) is 2. The third-order valence-electron chi connectivity index (χ3n) is 5.13. The summed E-state index contributed by atoms with van der Waals surface area (Å²) < 4.78 is 26.6. The molecule has 0 bridgehead atoms. The smallest absolute Gasteiger partial charge is 0.292 e. The number of para-hydroxylation sites is 2. The van der Waals surface area contributed by atoms with Crippen molar-refractivity contribution in [2.75, 3.05) is 31.5 Å². The molecule has 1 heterocycles. The summed E-state index contributed by atoms with van der Waals surface area (Å²) in [5, 5.41) is 16.7. The van der Waals surface area contributed by atoms with E-state index in [1.54, 1.807) is 42.5 Å². The van der Waals surface area contributed by atoms with E-state index in [4.69, 9.17) is 0 Å². The maximum Gasteiger partial charge on any atom is 0.292 e. The molecule has 1 amide bonds. The number of nitrogens with one attached hydrogen (secondary N) is 2. The van der Waals surface area contributed by atoms with Gasteiger partial charge in [0, 0.05) is 38.7 Å². The third kappa shape index (κ3) is 6.02. The Balaban J connectivity index is 1.41. The number of sulfonamides is 1. The maximum atomic E-state index is 12.5. The van der Waals surface area contributed by atoms with Gasteiger partial charge in [0.25, 0.3) is 5.69 Å². The number of anilines is 1. The fraction of sp³-hybridized carbons (Fsp3) is 0.381. The molecule has 166 valence electrons. The number of benzene rings is 2. The van der Waals surface area contributed by atoms with E-state index in [-0.39, 0.29) is 22.9 Å². The number of hydrogen-bond acceptors (Lipinski definition) is 6. The van der Waals surface area contributed by atoms with Crippen LogP contribution in [0, 0.1) is 10.1 Å².